The van der Waals surface area contributed by atoms with Crippen molar-refractivity contribution >= 4 is 36.9 Å². The largest absolute Gasteiger partial charge is 0.335 e. The number of nitrogens with zero attached hydrogens (tertiary/aromatic N) is 2. The van der Waals surface area contributed by atoms with E-state index in [-0.39, 0.29) is 12.1 Å². The zero-order valence-electron chi connectivity index (χ0n) is 18.8. The van der Waals surface area contributed by atoms with Gasteiger partial charge >= 0.3 is 7.60 Å². The number of nitrogens with one attached hydrogen (secondary N) is 1. The van der Waals surface area contributed by atoms with Crippen LogP contribution in [0.1, 0.15) is 25.0 Å². The minimum absolute atomic E-state index is 0.177. The van der Waals surface area contributed by atoms with Crippen LogP contribution in [0.5, 0.6) is 0 Å². The Morgan fingerprint density at radius 1 is 1.15 bits per heavy atom. The fraction of sp³-hybridized carbons (Fsp3) is 0.250. The summed E-state index contributed by atoms with van der Waals surface area (Å²) in [6, 6.07) is 14.6. The third-order valence-corrected chi connectivity index (χ3v) is 7.02. The van der Waals surface area contributed by atoms with E-state index >= 15 is 0 Å². The lowest BCUT2D eigenvalue weighted by molar-refractivity contribution is -0.111. The molecule has 174 valence electrons. The van der Waals surface area contributed by atoms with E-state index in [1.807, 2.05) is 31.3 Å². The van der Waals surface area contributed by atoms with Gasteiger partial charge in [0.15, 0.2) is 0 Å². The fourth-order valence-corrected chi connectivity index (χ4v) is 5.25. The van der Waals surface area contributed by atoms with Gasteiger partial charge in [-0.1, -0.05) is 35.9 Å². The molecule has 0 unspecified atom stereocenters. The van der Waals surface area contributed by atoms with Gasteiger partial charge < -0.3 is 14.4 Å². The number of aromatic nitrogens is 2. The third kappa shape index (κ3) is 6.89. The molecule has 2 aromatic carbocycles. The third-order valence-electron chi connectivity index (χ3n) is 4.73. The van der Waals surface area contributed by atoms with Gasteiger partial charge in [-0.2, -0.15) is 5.10 Å². The Morgan fingerprint density at radius 2 is 1.85 bits per heavy atom. The van der Waals surface area contributed by atoms with Gasteiger partial charge in [0, 0.05) is 35.0 Å². The number of benzene rings is 2. The van der Waals surface area contributed by atoms with Gasteiger partial charge in [0.1, 0.15) is 0 Å². The molecular formula is C24H27ClN3O4P. The lowest BCUT2D eigenvalue weighted by Gasteiger charge is -2.17. The van der Waals surface area contributed by atoms with Gasteiger partial charge in [-0.15, -0.1) is 0 Å². The molecule has 33 heavy (non-hydrogen) atoms. The van der Waals surface area contributed by atoms with Crippen LogP contribution in [0, 0.1) is 0 Å². The van der Waals surface area contributed by atoms with Crippen molar-refractivity contribution in [2.75, 3.05) is 18.5 Å². The molecule has 0 aliphatic carbocycles. The van der Waals surface area contributed by atoms with Crippen LogP contribution in [0.2, 0.25) is 5.02 Å². The first-order chi connectivity index (χ1) is 15.8. The molecule has 1 N–H and O–H groups in total. The number of aryl methyl sites for hydroxylation is 1. The van der Waals surface area contributed by atoms with Crippen molar-refractivity contribution in [3.8, 4) is 11.3 Å². The van der Waals surface area contributed by atoms with Crippen molar-refractivity contribution in [3.63, 3.8) is 0 Å². The van der Waals surface area contributed by atoms with E-state index in [4.69, 9.17) is 20.6 Å². The predicted molar refractivity (Wildman–Crippen MR) is 132 cm³/mol. The van der Waals surface area contributed by atoms with Crippen molar-refractivity contribution in [2.24, 2.45) is 7.05 Å². The van der Waals surface area contributed by atoms with Crippen LogP contribution in [-0.2, 0) is 31.6 Å². The Balaban J connectivity index is 1.67. The number of amides is 1. The molecule has 0 aliphatic rings. The van der Waals surface area contributed by atoms with Gasteiger partial charge in [0.05, 0.1) is 31.3 Å². The second kappa shape index (κ2) is 11.4. The van der Waals surface area contributed by atoms with Crippen LogP contribution in [0.25, 0.3) is 17.3 Å². The van der Waals surface area contributed by atoms with Crippen molar-refractivity contribution in [1.29, 1.82) is 0 Å². The zero-order chi connectivity index (χ0) is 23.8. The molecule has 0 saturated heterocycles. The van der Waals surface area contributed by atoms with E-state index in [2.05, 4.69) is 10.4 Å². The quantitative estimate of drug-likeness (QED) is 0.273. The van der Waals surface area contributed by atoms with Crippen LogP contribution < -0.4 is 5.32 Å². The maximum absolute atomic E-state index is 12.7. The highest BCUT2D eigenvalue weighted by molar-refractivity contribution is 7.53. The molecule has 0 radical (unpaired) electrons. The standard InChI is InChI=1S/C24H27ClN3O4P/c1-4-31-33(30,32-5-2)17-18-9-12-22(13-10-18)27-23(29)14-11-20-16-26-28(3)24(20)19-7-6-8-21(25)15-19/h6-16H,4-5,17H2,1-3H3,(H,27,29). The number of anilines is 1. The zero-order valence-corrected chi connectivity index (χ0v) is 20.5. The van der Waals surface area contributed by atoms with Crippen LogP contribution in [0.4, 0.5) is 5.69 Å². The number of carbonyl (C=O) groups is 1. The maximum Gasteiger partial charge on any atom is 0.335 e. The van der Waals surface area contributed by atoms with Crippen molar-refractivity contribution in [1.82, 2.24) is 9.78 Å². The maximum atomic E-state index is 12.7. The number of carbonyl (C=O) groups excluding carboxylic acids is 1. The highest BCUT2D eigenvalue weighted by Gasteiger charge is 2.23. The van der Waals surface area contributed by atoms with Crippen LogP contribution in [0.15, 0.2) is 60.8 Å². The number of hydrogen-bond donors (Lipinski definition) is 1. The van der Waals surface area contributed by atoms with Crippen molar-refractivity contribution < 1.29 is 18.4 Å². The summed E-state index contributed by atoms with van der Waals surface area (Å²) >= 11 is 6.12. The highest BCUT2D eigenvalue weighted by atomic mass is 35.5. The lowest BCUT2D eigenvalue weighted by atomic mass is 10.1. The highest BCUT2D eigenvalue weighted by Crippen LogP contribution is 2.51. The normalized spacial score (nSPS) is 11.8. The number of rotatable bonds is 10. The first-order valence-electron chi connectivity index (χ1n) is 10.6. The Kier molecular flexibility index (Phi) is 8.64. The van der Waals surface area contributed by atoms with E-state index in [0.29, 0.717) is 23.9 Å². The lowest BCUT2D eigenvalue weighted by Crippen LogP contribution is -2.07. The summed E-state index contributed by atoms with van der Waals surface area (Å²) < 4.78 is 25.1. The number of halogens is 1. The molecule has 1 amide bonds. The molecule has 0 aliphatic heterocycles. The summed E-state index contributed by atoms with van der Waals surface area (Å²) in [5.74, 6) is -0.280. The second-order valence-electron chi connectivity index (χ2n) is 7.21. The number of hydrogen-bond acceptors (Lipinski definition) is 5. The molecular weight excluding hydrogens is 461 g/mol. The second-order valence-corrected chi connectivity index (χ2v) is 9.70. The molecule has 0 spiro atoms. The Morgan fingerprint density at radius 3 is 2.48 bits per heavy atom. The van der Waals surface area contributed by atoms with Crippen molar-refractivity contribution in [2.45, 2.75) is 20.0 Å². The Bertz CT molecular complexity index is 1160. The first-order valence-corrected chi connectivity index (χ1v) is 12.7. The molecule has 0 bridgehead atoms. The molecule has 1 heterocycles. The van der Waals surface area contributed by atoms with E-state index in [1.165, 1.54) is 6.08 Å². The van der Waals surface area contributed by atoms with Crippen LogP contribution in [-0.4, -0.2) is 28.9 Å². The molecule has 3 aromatic rings. The summed E-state index contributed by atoms with van der Waals surface area (Å²) in [5, 5.41) is 7.75. The van der Waals surface area contributed by atoms with E-state index in [1.54, 1.807) is 55.1 Å². The molecule has 0 saturated carbocycles. The molecule has 7 nitrogen and oxygen atoms in total. The molecule has 0 atom stereocenters. The molecule has 9 heteroatoms. The van der Waals surface area contributed by atoms with E-state index < -0.39 is 7.60 Å². The Labute approximate surface area is 198 Å². The van der Waals surface area contributed by atoms with Crippen LogP contribution in [0.3, 0.4) is 0 Å². The van der Waals surface area contributed by atoms with Gasteiger partial charge in [-0.25, -0.2) is 0 Å². The monoisotopic (exact) mass is 487 g/mol. The minimum Gasteiger partial charge on any atom is -0.323 e. The predicted octanol–water partition coefficient (Wildman–Crippen LogP) is 6.16. The first kappa shape index (κ1) is 24.9. The van der Waals surface area contributed by atoms with E-state index in [0.717, 1.165) is 22.4 Å². The van der Waals surface area contributed by atoms with Crippen molar-refractivity contribution in [3.05, 3.63) is 77.0 Å². The summed E-state index contributed by atoms with van der Waals surface area (Å²) in [7, 11) is -1.34. The minimum atomic E-state index is -3.17. The Hall–Kier alpha value is -2.70. The summed E-state index contributed by atoms with van der Waals surface area (Å²) in [4.78, 5) is 12.4. The molecule has 1 aromatic heterocycles. The molecule has 3 rings (SSSR count). The topological polar surface area (TPSA) is 82.5 Å². The molecule has 0 fully saturated rings. The summed E-state index contributed by atoms with van der Waals surface area (Å²) in [6.45, 7) is 4.18. The average Bonchev–Trinajstić information content (AvgIpc) is 3.14. The van der Waals surface area contributed by atoms with Gasteiger partial charge in [-0.05, 0) is 49.8 Å². The SMILES string of the molecule is CCOP(=O)(Cc1ccc(NC(=O)C=Cc2cnn(C)c2-c2cccc(Cl)c2)cc1)OCC. The fourth-order valence-electron chi connectivity index (χ4n) is 3.35. The average molecular weight is 488 g/mol. The van der Waals surface area contributed by atoms with Gasteiger partial charge in [-0.3, -0.25) is 14.0 Å². The van der Waals surface area contributed by atoms with E-state index in [9.17, 15) is 9.36 Å². The smallest absolute Gasteiger partial charge is 0.323 e. The summed E-state index contributed by atoms with van der Waals surface area (Å²) in [5.41, 5.74) is 3.99. The van der Waals surface area contributed by atoms with Gasteiger partial charge in [0.25, 0.3) is 0 Å². The van der Waals surface area contributed by atoms with Gasteiger partial charge in [0.2, 0.25) is 5.91 Å². The summed E-state index contributed by atoms with van der Waals surface area (Å²) in [6.07, 6.45) is 5.05. The van der Waals surface area contributed by atoms with Crippen LogP contribution >= 0.6 is 19.2 Å².